The third-order valence-electron chi connectivity index (χ3n) is 10.4. The maximum atomic E-state index is 11.8. The largest absolute Gasteiger partial charge is 0.744 e. The molecular formula is C48H44N2O6S2. The molecule has 0 N–H and O–H groups in total. The quantitative estimate of drug-likeness (QED) is 0.0797. The van der Waals surface area contributed by atoms with Crippen molar-refractivity contribution in [2.45, 2.75) is 62.4 Å². The predicted octanol–water partition coefficient (Wildman–Crippen LogP) is 9.67. The van der Waals surface area contributed by atoms with Gasteiger partial charge in [-0.2, -0.15) is 9.13 Å². The van der Waals surface area contributed by atoms with Crippen LogP contribution in [0.5, 0.6) is 0 Å². The summed E-state index contributed by atoms with van der Waals surface area (Å²) in [5.41, 5.74) is 11.4. The van der Waals surface area contributed by atoms with Crippen molar-refractivity contribution in [1.82, 2.24) is 0 Å². The molecule has 5 aromatic carbocycles. The van der Waals surface area contributed by atoms with E-state index < -0.39 is 20.2 Å². The Bertz CT molecular complexity index is 2560. The Morgan fingerprint density at radius 3 is 0.931 bits per heavy atom. The number of hydrogen-bond acceptors (Lipinski definition) is 6. The number of rotatable bonds is 14. The van der Waals surface area contributed by atoms with Crippen LogP contribution < -0.4 is 9.13 Å². The van der Waals surface area contributed by atoms with E-state index in [1.807, 2.05) is 36.4 Å². The van der Waals surface area contributed by atoms with Crippen LogP contribution in [-0.2, 0) is 33.3 Å². The molecule has 2 aromatic heterocycles. The highest BCUT2D eigenvalue weighted by Crippen LogP contribution is 2.34. The summed E-state index contributed by atoms with van der Waals surface area (Å²) in [6, 6.07) is 49.6. The lowest BCUT2D eigenvalue weighted by atomic mass is 9.95. The van der Waals surface area contributed by atoms with Gasteiger partial charge in [0, 0.05) is 59.4 Å². The minimum Gasteiger partial charge on any atom is -0.744 e. The van der Waals surface area contributed by atoms with Crippen LogP contribution >= 0.6 is 0 Å². The van der Waals surface area contributed by atoms with Gasteiger partial charge in [-0.3, -0.25) is 0 Å². The van der Waals surface area contributed by atoms with E-state index in [4.69, 9.17) is 0 Å². The zero-order valence-corrected chi connectivity index (χ0v) is 34.0. The van der Waals surface area contributed by atoms with Crippen LogP contribution in [-0.4, -0.2) is 25.9 Å². The lowest BCUT2D eigenvalue weighted by Crippen LogP contribution is -2.39. The lowest BCUT2D eigenvalue weighted by Gasteiger charge is -2.15. The molecule has 0 spiro atoms. The zero-order chi connectivity index (χ0) is 40.9. The molecule has 7 rings (SSSR count). The van der Waals surface area contributed by atoms with E-state index in [-0.39, 0.29) is 9.79 Å². The third kappa shape index (κ3) is 9.01. The van der Waals surface area contributed by atoms with Crippen molar-refractivity contribution in [2.75, 3.05) is 0 Å². The fourth-order valence-electron chi connectivity index (χ4n) is 7.31. The van der Waals surface area contributed by atoms with Gasteiger partial charge < -0.3 is 9.11 Å². The number of pyridine rings is 2. The maximum Gasteiger partial charge on any atom is 0.213 e. The summed E-state index contributed by atoms with van der Waals surface area (Å²) in [5.74, 6) is 0. The summed E-state index contributed by atoms with van der Waals surface area (Å²) in [6.07, 6.45) is 3.83. The normalized spacial score (nSPS) is 11.8. The Balaban J connectivity index is 1.38. The van der Waals surface area contributed by atoms with Gasteiger partial charge in [-0.15, -0.1) is 0 Å². The summed E-state index contributed by atoms with van der Waals surface area (Å²) >= 11 is 0. The van der Waals surface area contributed by atoms with Crippen molar-refractivity contribution >= 4 is 20.2 Å². The smallest absolute Gasteiger partial charge is 0.213 e. The fraction of sp³-hybridized carbons (Fsp3) is 0.167. The highest BCUT2D eigenvalue weighted by Gasteiger charge is 2.25. The number of benzene rings is 5. The van der Waals surface area contributed by atoms with E-state index in [9.17, 15) is 25.9 Å². The van der Waals surface area contributed by atoms with Crippen LogP contribution in [0, 0.1) is 0 Å². The SMILES string of the molecule is CCCC[n+]1c(-c2ccccc2)cc(-c2ccc(-c3cc(-c4ccccc4)[n+](CCCC)c(-c4ccc(S(=O)(=O)[O-])cc4)c3)cc2)cc1-c1ccc(S(=O)(=O)[O-])cc1. The molecule has 0 saturated heterocycles. The summed E-state index contributed by atoms with van der Waals surface area (Å²) in [6.45, 7) is 5.77. The Morgan fingerprint density at radius 1 is 0.379 bits per heavy atom. The highest BCUT2D eigenvalue weighted by molar-refractivity contribution is 7.86. The summed E-state index contributed by atoms with van der Waals surface area (Å²) in [7, 11) is -9.20. The molecule has 10 heteroatoms. The van der Waals surface area contributed by atoms with E-state index in [2.05, 4.69) is 95.8 Å². The van der Waals surface area contributed by atoms with E-state index in [0.29, 0.717) is 0 Å². The molecular weight excluding hydrogens is 765 g/mol. The van der Waals surface area contributed by atoms with Crippen LogP contribution in [0.4, 0.5) is 0 Å². The van der Waals surface area contributed by atoms with Crippen LogP contribution in [0.15, 0.2) is 168 Å². The molecule has 0 aliphatic rings. The van der Waals surface area contributed by atoms with E-state index in [1.165, 1.54) is 24.3 Å². The van der Waals surface area contributed by atoms with Gasteiger partial charge in [0.15, 0.2) is 0 Å². The molecule has 0 radical (unpaired) electrons. The van der Waals surface area contributed by atoms with Crippen LogP contribution in [0.25, 0.3) is 67.3 Å². The van der Waals surface area contributed by atoms with Gasteiger partial charge >= 0.3 is 0 Å². The van der Waals surface area contributed by atoms with Gasteiger partial charge in [0.2, 0.25) is 22.8 Å². The Labute approximate surface area is 341 Å². The molecule has 0 bridgehead atoms. The van der Waals surface area contributed by atoms with Gasteiger partial charge in [0.1, 0.15) is 33.3 Å². The molecule has 8 nitrogen and oxygen atoms in total. The lowest BCUT2D eigenvalue weighted by molar-refractivity contribution is -0.676. The van der Waals surface area contributed by atoms with Gasteiger partial charge in [-0.25, -0.2) is 16.8 Å². The molecule has 0 saturated carbocycles. The average molecular weight is 809 g/mol. The Kier molecular flexibility index (Phi) is 12.1. The second-order valence-corrected chi connectivity index (χ2v) is 17.1. The topological polar surface area (TPSA) is 122 Å². The molecule has 2 heterocycles. The second-order valence-electron chi connectivity index (χ2n) is 14.3. The zero-order valence-electron chi connectivity index (χ0n) is 32.4. The molecule has 58 heavy (non-hydrogen) atoms. The standard InChI is InChI=1S/C48H44N2O6S2/c1-3-5-29-49-45(37-13-9-7-10-14-37)31-41(33-47(49)39-21-25-43(26-22-39)57(51,52)53)35-17-19-36(20-18-35)42-32-46(38-15-11-8-12-16-38)50(30-6-4-2)48(34-42)40-23-27-44(28-24-40)58(54,55)56/h7-28,31-34H,3-6,29-30H2,1-2H3. The van der Waals surface area contributed by atoms with Crippen LogP contribution in [0.2, 0.25) is 0 Å². The first-order valence-electron chi connectivity index (χ1n) is 19.4. The maximum absolute atomic E-state index is 11.8. The molecule has 0 fully saturated rings. The first-order chi connectivity index (χ1) is 27.9. The first-order valence-corrected chi connectivity index (χ1v) is 22.3. The van der Waals surface area contributed by atoms with E-state index >= 15 is 0 Å². The minimum atomic E-state index is -4.60. The molecule has 0 atom stereocenters. The van der Waals surface area contributed by atoms with Gasteiger partial charge in [-0.1, -0.05) is 87.4 Å². The first kappa shape index (κ1) is 40.4. The monoisotopic (exact) mass is 808 g/mol. The number of aromatic nitrogens is 2. The molecule has 0 unspecified atom stereocenters. The van der Waals surface area contributed by atoms with Crippen molar-refractivity contribution in [3.63, 3.8) is 0 Å². The third-order valence-corrected chi connectivity index (χ3v) is 12.1. The number of nitrogens with zero attached hydrogens (tertiary/aromatic N) is 2. The van der Waals surface area contributed by atoms with Crippen molar-refractivity contribution in [1.29, 1.82) is 0 Å². The number of unbranched alkanes of at least 4 members (excludes halogenated alkanes) is 2. The highest BCUT2D eigenvalue weighted by atomic mass is 32.2. The second kappa shape index (κ2) is 17.4. The molecule has 0 aliphatic carbocycles. The average Bonchev–Trinajstić information content (AvgIpc) is 3.24. The Morgan fingerprint density at radius 2 is 0.655 bits per heavy atom. The summed E-state index contributed by atoms with van der Waals surface area (Å²) < 4.78 is 75.3. The number of hydrogen-bond donors (Lipinski definition) is 0. The predicted molar refractivity (Wildman–Crippen MR) is 225 cm³/mol. The van der Waals surface area contributed by atoms with Crippen molar-refractivity contribution < 1.29 is 35.1 Å². The van der Waals surface area contributed by atoms with Crippen molar-refractivity contribution in [2.24, 2.45) is 0 Å². The van der Waals surface area contributed by atoms with Gasteiger partial charge in [0.05, 0.1) is 9.79 Å². The molecule has 294 valence electrons. The summed E-state index contributed by atoms with van der Waals surface area (Å²) in [4.78, 5) is -0.539. The van der Waals surface area contributed by atoms with E-state index in [1.54, 1.807) is 24.3 Å². The van der Waals surface area contributed by atoms with Gasteiger partial charge in [-0.05, 0) is 95.1 Å². The van der Waals surface area contributed by atoms with E-state index in [0.717, 1.165) is 106 Å². The van der Waals surface area contributed by atoms with Gasteiger partial charge in [0.25, 0.3) is 0 Å². The summed E-state index contributed by atoms with van der Waals surface area (Å²) in [5, 5.41) is 0. The molecule has 0 aliphatic heterocycles. The minimum absolute atomic E-state index is 0.269. The van der Waals surface area contributed by atoms with Crippen LogP contribution in [0.1, 0.15) is 39.5 Å². The molecule has 0 amide bonds. The van der Waals surface area contributed by atoms with Crippen molar-refractivity contribution in [3.8, 4) is 67.3 Å². The van der Waals surface area contributed by atoms with Crippen LogP contribution in [0.3, 0.4) is 0 Å². The molecule has 7 aromatic rings. The van der Waals surface area contributed by atoms with Crippen molar-refractivity contribution in [3.05, 3.63) is 158 Å². The fourth-order valence-corrected chi connectivity index (χ4v) is 8.24. The Hall–Kier alpha value is -5.78.